The molecule has 0 amide bonds. The molecular formula is C17H14N4O. The maximum atomic E-state index is 11.9. The van der Waals surface area contributed by atoms with E-state index in [-0.39, 0.29) is 11.6 Å². The third-order valence-corrected chi connectivity index (χ3v) is 3.68. The van der Waals surface area contributed by atoms with Gasteiger partial charge < -0.3 is 5.73 Å². The molecule has 0 atom stereocenters. The summed E-state index contributed by atoms with van der Waals surface area (Å²) in [6.45, 7) is 3.26. The van der Waals surface area contributed by atoms with Crippen molar-refractivity contribution in [2.75, 3.05) is 5.73 Å². The van der Waals surface area contributed by atoms with Crippen LogP contribution in [-0.4, -0.2) is 15.4 Å². The van der Waals surface area contributed by atoms with Crippen LogP contribution in [-0.2, 0) is 0 Å². The van der Waals surface area contributed by atoms with Crippen molar-refractivity contribution < 1.29 is 4.79 Å². The second-order valence-electron chi connectivity index (χ2n) is 5.11. The van der Waals surface area contributed by atoms with Gasteiger partial charge in [-0.3, -0.25) is 4.79 Å². The molecule has 2 aromatic heterocycles. The summed E-state index contributed by atoms with van der Waals surface area (Å²) in [6, 6.07) is 13.4. The molecule has 0 unspecified atom stereocenters. The van der Waals surface area contributed by atoms with Gasteiger partial charge >= 0.3 is 0 Å². The molecule has 3 rings (SSSR count). The van der Waals surface area contributed by atoms with Crippen molar-refractivity contribution in [3.63, 3.8) is 0 Å². The van der Waals surface area contributed by atoms with E-state index >= 15 is 0 Å². The van der Waals surface area contributed by atoms with E-state index in [2.05, 4.69) is 11.2 Å². The van der Waals surface area contributed by atoms with Gasteiger partial charge in [0.25, 0.3) is 0 Å². The third kappa shape index (κ3) is 1.93. The highest BCUT2D eigenvalue weighted by atomic mass is 16.1. The van der Waals surface area contributed by atoms with E-state index in [1.807, 2.05) is 30.3 Å². The topological polar surface area (TPSA) is 84.2 Å². The molecule has 0 saturated heterocycles. The number of hydrogen-bond acceptors (Lipinski definition) is 4. The number of aryl methyl sites for hydroxylation is 1. The van der Waals surface area contributed by atoms with Gasteiger partial charge in [-0.1, -0.05) is 30.3 Å². The maximum absolute atomic E-state index is 11.9. The van der Waals surface area contributed by atoms with Crippen LogP contribution >= 0.6 is 0 Å². The van der Waals surface area contributed by atoms with Crippen molar-refractivity contribution >= 4 is 17.1 Å². The fraction of sp³-hybridized carbons (Fsp3) is 0.118. The number of benzene rings is 1. The van der Waals surface area contributed by atoms with Crippen molar-refractivity contribution in [3.05, 3.63) is 53.2 Å². The van der Waals surface area contributed by atoms with Crippen LogP contribution in [0, 0.1) is 18.3 Å². The van der Waals surface area contributed by atoms with Gasteiger partial charge in [0.05, 0.1) is 16.8 Å². The summed E-state index contributed by atoms with van der Waals surface area (Å²) >= 11 is 0. The zero-order valence-corrected chi connectivity index (χ0v) is 12.3. The second kappa shape index (κ2) is 5.01. The summed E-state index contributed by atoms with van der Waals surface area (Å²) in [7, 11) is 0. The van der Waals surface area contributed by atoms with Gasteiger partial charge in [-0.25, -0.2) is 4.52 Å². The lowest BCUT2D eigenvalue weighted by atomic mass is 9.99. The Morgan fingerprint density at radius 1 is 1.32 bits per heavy atom. The lowest BCUT2D eigenvalue weighted by Gasteiger charge is -2.09. The molecule has 0 saturated carbocycles. The number of carbonyl (C=O) groups is 1. The Balaban J connectivity index is 2.45. The number of rotatable bonds is 2. The number of nitrogens with two attached hydrogens (primary N) is 1. The van der Waals surface area contributed by atoms with Crippen LogP contribution in [0.25, 0.3) is 16.6 Å². The molecule has 0 spiro atoms. The van der Waals surface area contributed by atoms with Gasteiger partial charge in [0.15, 0.2) is 5.78 Å². The van der Waals surface area contributed by atoms with Crippen LogP contribution in [0.2, 0.25) is 0 Å². The number of nitrogen functional groups attached to an aromatic ring is 1. The summed E-state index contributed by atoms with van der Waals surface area (Å²) in [6.07, 6.45) is 0. The van der Waals surface area contributed by atoms with Crippen LogP contribution in [0.5, 0.6) is 0 Å². The Labute approximate surface area is 127 Å². The van der Waals surface area contributed by atoms with E-state index in [9.17, 15) is 10.1 Å². The molecule has 22 heavy (non-hydrogen) atoms. The summed E-state index contributed by atoms with van der Waals surface area (Å²) in [5, 5.41) is 13.8. The van der Waals surface area contributed by atoms with Gasteiger partial charge in [0.2, 0.25) is 0 Å². The van der Waals surface area contributed by atoms with Crippen molar-refractivity contribution in [1.29, 1.82) is 5.26 Å². The number of nitriles is 1. The van der Waals surface area contributed by atoms with E-state index in [4.69, 9.17) is 5.73 Å². The fourth-order valence-corrected chi connectivity index (χ4v) is 2.71. The van der Waals surface area contributed by atoms with Crippen LogP contribution in [0.3, 0.4) is 0 Å². The summed E-state index contributed by atoms with van der Waals surface area (Å²) in [4.78, 5) is 11.9. The number of ketones is 1. The Kier molecular flexibility index (Phi) is 3.15. The molecule has 0 aliphatic heterocycles. The summed E-state index contributed by atoms with van der Waals surface area (Å²) in [5.74, 6) is 0.171. The van der Waals surface area contributed by atoms with Gasteiger partial charge in [-0.15, -0.1) is 0 Å². The molecule has 0 radical (unpaired) electrons. The lowest BCUT2D eigenvalue weighted by molar-refractivity contribution is 0.101. The quantitative estimate of drug-likeness (QED) is 0.735. The van der Waals surface area contributed by atoms with E-state index in [0.717, 1.165) is 5.56 Å². The number of carbonyl (C=O) groups excluding carboxylic acids is 1. The fourth-order valence-electron chi connectivity index (χ4n) is 2.71. The largest absolute Gasteiger partial charge is 0.383 e. The highest BCUT2D eigenvalue weighted by molar-refractivity contribution is 6.03. The van der Waals surface area contributed by atoms with Crippen molar-refractivity contribution in [3.8, 4) is 17.2 Å². The number of aromatic nitrogens is 2. The van der Waals surface area contributed by atoms with Crippen LogP contribution in [0.1, 0.15) is 28.5 Å². The molecule has 1 aromatic carbocycles. The molecule has 0 aliphatic rings. The smallest absolute Gasteiger partial charge is 0.163 e. The second-order valence-corrected chi connectivity index (χ2v) is 5.11. The van der Waals surface area contributed by atoms with Gasteiger partial charge in [-0.05, 0) is 25.5 Å². The van der Waals surface area contributed by atoms with E-state index in [0.29, 0.717) is 27.9 Å². The number of nitrogens with zero attached hydrogens (tertiary/aromatic N) is 3. The Hall–Kier alpha value is -3.13. The minimum absolute atomic E-state index is 0.0735. The van der Waals surface area contributed by atoms with Crippen molar-refractivity contribution in [1.82, 2.24) is 9.61 Å². The number of hydrogen-bond donors (Lipinski definition) is 1. The van der Waals surface area contributed by atoms with Crippen LogP contribution < -0.4 is 5.73 Å². The standard InChI is InChI=1S/C17H14N4O/c1-10-16(11(2)22)15-8-13(12-6-4-3-5-7-12)14(9-18)17(19)21(15)20-10/h3-8H,19H2,1-2H3. The number of Topliss-reactive ketones (excluding diaryl/α,β-unsaturated/α-hetero) is 1. The predicted molar refractivity (Wildman–Crippen MR) is 84.5 cm³/mol. The highest BCUT2D eigenvalue weighted by Gasteiger charge is 2.20. The van der Waals surface area contributed by atoms with Crippen molar-refractivity contribution in [2.24, 2.45) is 0 Å². The summed E-state index contributed by atoms with van der Waals surface area (Å²) in [5.41, 5.74) is 9.82. The minimum atomic E-state index is -0.0735. The zero-order chi connectivity index (χ0) is 15.9. The molecule has 0 bridgehead atoms. The monoisotopic (exact) mass is 290 g/mol. The Morgan fingerprint density at radius 2 is 2.00 bits per heavy atom. The number of pyridine rings is 1. The number of anilines is 1. The van der Waals surface area contributed by atoms with E-state index in [1.54, 1.807) is 13.0 Å². The molecule has 0 fully saturated rings. The van der Waals surface area contributed by atoms with E-state index in [1.165, 1.54) is 11.4 Å². The van der Waals surface area contributed by atoms with Gasteiger partial charge in [-0.2, -0.15) is 10.4 Å². The first-order chi connectivity index (χ1) is 10.5. The highest BCUT2D eigenvalue weighted by Crippen LogP contribution is 2.31. The van der Waals surface area contributed by atoms with Gasteiger partial charge in [0, 0.05) is 5.56 Å². The minimum Gasteiger partial charge on any atom is -0.383 e. The molecule has 108 valence electrons. The number of fused-ring (bicyclic) bond motifs is 1. The SMILES string of the molecule is CC(=O)c1c(C)nn2c(N)c(C#N)c(-c3ccccc3)cc12. The predicted octanol–water partition coefficient (Wildman–Crippen LogP) is 2.97. The molecule has 5 nitrogen and oxygen atoms in total. The first-order valence-corrected chi connectivity index (χ1v) is 6.83. The van der Waals surface area contributed by atoms with Crippen LogP contribution in [0.4, 0.5) is 5.82 Å². The molecule has 3 aromatic rings. The zero-order valence-electron chi connectivity index (χ0n) is 12.3. The average Bonchev–Trinajstić information content (AvgIpc) is 2.84. The van der Waals surface area contributed by atoms with E-state index < -0.39 is 0 Å². The molecule has 2 N–H and O–H groups in total. The first-order valence-electron chi connectivity index (χ1n) is 6.83. The Morgan fingerprint density at radius 3 is 2.59 bits per heavy atom. The summed E-state index contributed by atoms with van der Waals surface area (Å²) < 4.78 is 1.47. The molecule has 2 heterocycles. The van der Waals surface area contributed by atoms with Crippen molar-refractivity contribution in [2.45, 2.75) is 13.8 Å². The molecule has 0 aliphatic carbocycles. The lowest BCUT2D eigenvalue weighted by Crippen LogP contribution is -2.04. The maximum Gasteiger partial charge on any atom is 0.163 e. The molecule has 5 heteroatoms. The molecular weight excluding hydrogens is 276 g/mol. The average molecular weight is 290 g/mol. The van der Waals surface area contributed by atoms with Gasteiger partial charge in [0.1, 0.15) is 17.5 Å². The van der Waals surface area contributed by atoms with Crippen LogP contribution in [0.15, 0.2) is 36.4 Å². The normalized spacial score (nSPS) is 10.6. The first kappa shape index (κ1) is 13.8. The Bertz CT molecular complexity index is 933. The third-order valence-electron chi connectivity index (χ3n) is 3.68.